The predicted molar refractivity (Wildman–Crippen MR) is 130 cm³/mol. The third-order valence-corrected chi connectivity index (χ3v) is 6.14. The van der Waals surface area contributed by atoms with E-state index in [1.54, 1.807) is 0 Å². The van der Waals surface area contributed by atoms with E-state index in [1.165, 1.54) is 11.1 Å². The average Bonchev–Trinajstić information content (AvgIpc) is 3.13. The van der Waals surface area contributed by atoms with Gasteiger partial charge in [-0.05, 0) is 46.9 Å². The zero-order valence-corrected chi connectivity index (χ0v) is 20.0. The van der Waals surface area contributed by atoms with Crippen LogP contribution in [0.25, 0.3) is 11.1 Å². The Morgan fingerprint density at radius 3 is 2.12 bits per heavy atom. The molecule has 182 valence electrons. The number of carbonyl (C=O) groups excluding carboxylic acids is 2. The molecule has 34 heavy (non-hydrogen) atoms. The summed E-state index contributed by atoms with van der Waals surface area (Å²) in [5, 5.41) is 14.6. The fourth-order valence-corrected chi connectivity index (χ4v) is 4.35. The Kier molecular flexibility index (Phi) is 8.68. The number of carboxylic acids is 1. The van der Waals surface area contributed by atoms with Crippen molar-refractivity contribution in [1.82, 2.24) is 10.6 Å². The lowest BCUT2D eigenvalue weighted by molar-refractivity contribution is -0.142. The van der Waals surface area contributed by atoms with Crippen molar-refractivity contribution >= 4 is 18.0 Å². The molecule has 0 aromatic heterocycles. The van der Waals surface area contributed by atoms with E-state index < -0.39 is 18.1 Å². The van der Waals surface area contributed by atoms with Crippen LogP contribution in [0.3, 0.4) is 0 Å². The number of nitrogens with one attached hydrogen (secondary N) is 2. The van der Waals surface area contributed by atoms with Crippen molar-refractivity contribution in [3.8, 4) is 11.1 Å². The molecule has 2 amide bonds. The number of alkyl carbamates (subject to hydrolysis) is 1. The lowest BCUT2D eigenvalue weighted by Crippen LogP contribution is -2.41. The van der Waals surface area contributed by atoms with Gasteiger partial charge in [0.05, 0.1) is 0 Å². The summed E-state index contributed by atoms with van der Waals surface area (Å²) in [6, 6.07) is 15.5. The predicted octanol–water partition coefficient (Wildman–Crippen LogP) is 4.56. The van der Waals surface area contributed by atoms with Crippen LogP contribution in [0.5, 0.6) is 0 Å². The number of carbonyl (C=O) groups is 3. The summed E-state index contributed by atoms with van der Waals surface area (Å²) < 4.78 is 5.54. The van der Waals surface area contributed by atoms with E-state index in [-0.39, 0.29) is 36.7 Å². The molecule has 2 atom stereocenters. The number of carboxylic acid groups (broad SMARTS) is 1. The summed E-state index contributed by atoms with van der Waals surface area (Å²) in [5.41, 5.74) is 4.68. The van der Waals surface area contributed by atoms with Crippen LogP contribution in [0.1, 0.15) is 57.1 Å². The van der Waals surface area contributed by atoms with Crippen molar-refractivity contribution in [3.63, 3.8) is 0 Å². The highest BCUT2D eigenvalue weighted by Crippen LogP contribution is 2.44. The maximum Gasteiger partial charge on any atom is 0.407 e. The largest absolute Gasteiger partial charge is 0.480 e. The molecule has 3 rings (SSSR count). The molecule has 1 aliphatic carbocycles. The summed E-state index contributed by atoms with van der Waals surface area (Å²) in [6.45, 7) is 6.39. The van der Waals surface area contributed by atoms with Crippen molar-refractivity contribution in [3.05, 3.63) is 59.7 Å². The molecule has 7 heteroatoms. The van der Waals surface area contributed by atoms with Crippen molar-refractivity contribution < 1.29 is 24.2 Å². The summed E-state index contributed by atoms with van der Waals surface area (Å²) in [4.78, 5) is 35.8. The van der Waals surface area contributed by atoms with Gasteiger partial charge in [0, 0.05) is 18.9 Å². The number of aliphatic carboxylic acids is 1. The molecule has 0 fully saturated rings. The molecule has 2 aromatic rings. The number of amides is 2. The zero-order chi connectivity index (χ0) is 24.7. The van der Waals surface area contributed by atoms with Crippen molar-refractivity contribution in [1.29, 1.82) is 0 Å². The number of fused-ring (bicyclic) bond motifs is 3. The third-order valence-electron chi connectivity index (χ3n) is 6.14. The summed E-state index contributed by atoms with van der Waals surface area (Å²) in [7, 11) is 0. The number of ether oxygens (including phenoxy) is 1. The molecule has 0 saturated heterocycles. The molecular formula is C27H34N2O5. The second kappa shape index (κ2) is 11.7. The lowest BCUT2D eigenvalue weighted by atomic mass is 9.98. The number of rotatable bonds is 11. The Labute approximate surface area is 200 Å². The Bertz CT molecular complexity index is 974. The highest BCUT2D eigenvalue weighted by molar-refractivity contribution is 5.83. The first-order valence-electron chi connectivity index (χ1n) is 11.9. The van der Waals surface area contributed by atoms with Gasteiger partial charge in [-0.1, -0.05) is 69.3 Å². The molecule has 0 bridgehead atoms. The Morgan fingerprint density at radius 1 is 0.971 bits per heavy atom. The van der Waals surface area contributed by atoms with E-state index in [1.807, 2.05) is 45.0 Å². The monoisotopic (exact) mass is 466 g/mol. The maximum absolute atomic E-state index is 12.3. The molecule has 2 unspecified atom stereocenters. The highest BCUT2D eigenvalue weighted by Gasteiger charge is 2.29. The highest BCUT2D eigenvalue weighted by atomic mass is 16.5. The van der Waals surface area contributed by atoms with Gasteiger partial charge in [-0.25, -0.2) is 9.59 Å². The molecule has 0 saturated carbocycles. The van der Waals surface area contributed by atoms with Crippen molar-refractivity contribution in [2.75, 3.05) is 13.2 Å². The second-order valence-corrected chi connectivity index (χ2v) is 9.44. The summed E-state index contributed by atoms with van der Waals surface area (Å²) >= 11 is 0. The SMILES string of the molecule is CC(C)CC(NC(=O)CCC(C)CNC(=O)OCC1c2ccccc2-c2ccccc21)C(=O)O. The van der Waals surface area contributed by atoms with Gasteiger partial charge in [0.1, 0.15) is 12.6 Å². The topological polar surface area (TPSA) is 105 Å². The van der Waals surface area contributed by atoms with Gasteiger partial charge in [0.2, 0.25) is 5.91 Å². The molecule has 3 N–H and O–H groups in total. The Morgan fingerprint density at radius 2 is 1.56 bits per heavy atom. The van der Waals surface area contributed by atoms with Crippen LogP contribution in [0.15, 0.2) is 48.5 Å². The van der Waals surface area contributed by atoms with Crippen LogP contribution in [0, 0.1) is 11.8 Å². The Balaban J connectivity index is 1.42. The summed E-state index contributed by atoms with van der Waals surface area (Å²) in [6.07, 6.45) is 0.639. The van der Waals surface area contributed by atoms with Gasteiger partial charge >= 0.3 is 12.1 Å². The quantitative estimate of drug-likeness (QED) is 0.450. The normalized spacial score (nSPS) is 14.1. The number of hydrogen-bond donors (Lipinski definition) is 3. The molecular weight excluding hydrogens is 432 g/mol. The van der Waals surface area contributed by atoms with Gasteiger partial charge in [-0.15, -0.1) is 0 Å². The van der Waals surface area contributed by atoms with Crippen LogP contribution in [-0.4, -0.2) is 42.3 Å². The van der Waals surface area contributed by atoms with Crippen LogP contribution in [-0.2, 0) is 14.3 Å². The smallest absolute Gasteiger partial charge is 0.407 e. The van der Waals surface area contributed by atoms with Crippen LogP contribution in [0.4, 0.5) is 4.79 Å². The molecule has 0 heterocycles. The fourth-order valence-electron chi connectivity index (χ4n) is 4.35. The van der Waals surface area contributed by atoms with E-state index >= 15 is 0 Å². The molecule has 0 aliphatic heterocycles. The minimum Gasteiger partial charge on any atom is -0.480 e. The van der Waals surface area contributed by atoms with E-state index in [9.17, 15) is 19.5 Å². The van der Waals surface area contributed by atoms with Crippen LogP contribution in [0.2, 0.25) is 0 Å². The van der Waals surface area contributed by atoms with Crippen molar-refractivity contribution in [2.24, 2.45) is 11.8 Å². The van der Waals surface area contributed by atoms with Gasteiger partial charge in [-0.2, -0.15) is 0 Å². The summed E-state index contributed by atoms with van der Waals surface area (Å²) in [5.74, 6) is -1.10. The van der Waals surface area contributed by atoms with Crippen LogP contribution >= 0.6 is 0 Å². The second-order valence-electron chi connectivity index (χ2n) is 9.44. The minimum absolute atomic E-state index is 0.00675. The number of hydrogen-bond acceptors (Lipinski definition) is 4. The van der Waals surface area contributed by atoms with Gasteiger partial charge in [-0.3, -0.25) is 4.79 Å². The fraction of sp³-hybridized carbons (Fsp3) is 0.444. The lowest BCUT2D eigenvalue weighted by Gasteiger charge is -2.18. The van der Waals surface area contributed by atoms with E-state index in [0.717, 1.165) is 11.1 Å². The maximum atomic E-state index is 12.3. The van der Waals surface area contributed by atoms with Gasteiger partial charge < -0.3 is 20.5 Å². The zero-order valence-electron chi connectivity index (χ0n) is 20.0. The standard InChI is InChI=1S/C27H34N2O5/c1-17(2)14-24(26(31)32)29-25(30)13-12-18(3)15-28-27(33)34-16-23-21-10-6-4-8-19(21)20-9-5-7-11-22(20)23/h4-11,17-18,23-24H,12-16H2,1-3H3,(H,28,33)(H,29,30)(H,31,32). The molecule has 0 radical (unpaired) electrons. The molecule has 0 spiro atoms. The first-order valence-corrected chi connectivity index (χ1v) is 11.9. The number of benzene rings is 2. The third kappa shape index (κ3) is 6.59. The molecule has 1 aliphatic rings. The van der Waals surface area contributed by atoms with E-state index in [2.05, 4.69) is 34.9 Å². The van der Waals surface area contributed by atoms with E-state index in [0.29, 0.717) is 19.4 Å². The molecule has 2 aromatic carbocycles. The van der Waals surface area contributed by atoms with Crippen molar-refractivity contribution in [2.45, 2.75) is 52.0 Å². The minimum atomic E-state index is -1.02. The van der Waals surface area contributed by atoms with Crippen LogP contribution < -0.4 is 10.6 Å². The average molecular weight is 467 g/mol. The Hall–Kier alpha value is -3.35. The first-order chi connectivity index (χ1) is 16.3. The van der Waals surface area contributed by atoms with Gasteiger partial charge in [0.25, 0.3) is 0 Å². The molecule has 7 nitrogen and oxygen atoms in total. The van der Waals surface area contributed by atoms with E-state index in [4.69, 9.17) is 4.74 Å². The van der Waals surface area contributed by atoms with Gasteiger partial charge in [0.15, 0.2) is 0 Å². The first kappa shape index (κ1) is 25.3.